The molecule has 33 heavy (non-hydrogen) atoms. The Kier molecular flexibility index (Phi) is 5.78. The van der Waals surface area contributed by atoms with E-state index in [1.54, 1.807) is 25.6 Å². The third-order valence-electron chi connectivity index (χ3n) is 5.71. The second-order valence-electron chi connectivity index (χ2n) is 7.88. The van der Waals surface area contributed by atoms with Crippen LogP contribution in [0.1, 0.15) is 30.0 Å². The fraction of sp³-hybridized carbons (Fsp3) is 0.250. The molecule has 3 aromatic heterocycles. The zero-order valence-electron chi connectivity index (χ0n) is 18.4. The number of thiazole rings is 1. The molecule has 0 radical (unpaired) electrons. The summed E-state index contributed by atoms with van der Waals surface area (Å²) >= 11 is 1.48. The van der Waals surface area contributed by atoms with Crippen LogP contribution in [0.25, 0.3) is 11.3 Å². The molecule has 168 valence electrons. The maximum absolute atomic E-state index is 9.66. The van der Waals surface area contributed by atoms with Crippen molar-refractivity contribution < 1.29 is 9.84 Å². The molecule has 1 atom stereocenters. The fourth-order valence-electron chi connectivity index (χ4n) is 4.09. The van der Waals surface area contributed by atoms with Crippen LogP contribution in [0.4, 0.5) is 16.9 Å². The third-order valence-corrected chi connectivity index (χ3v) is 6.40. The van der Waals surface area contributed by atoms with E-state index in [1.165, 1.54) is 28.5 Å². The van der Waals surface area contributed by atoms with Crippen molar-refractivity contribution in [1.29, 1.82) is 0 Å². The van der Waals surface area contributed by atoms with Gasteiger partial charge in [-0.1, -0.05) is 29.8 Å². The highest BCUT2D eigenvalue weighted by atomic mass is 32.1. The number of hydrogen-bond donors (Lipinski definition) is 2. The lowest BCUT2D eigenvalue weighted by Crippen LogP contribution is -2.25. The first-order chi connectivity index (χ1) is 16.1. The SMILES string of the molecule is COc1c(Nc2nccs2)nc(N2CCC[C@H]2c2ccc(C)cc2)nc1-c1ccc(O)nc1. The van der Waals surface area contributed by atoms with Crippen LogP contribution in [-0.4, -0.2) is 38.7 Å². The number of aromatic hydroxyl groups is 1. The summed E-state index contributed by atoms with van der Waals surface area (Å²) in [5.74, 6) is 1.59. The van der Waals surface area contributed by atoms with Gasteiger partial charge in [0.05, 0.1) is 13.2 Å². The molecular weight excluding hydrogens is 436 g/mol. The summed E-state index contributed by atoms with van der Waals surface area (Å²) < 4.78 is 5.73. The van der Waals surface area contributed by atoms with Crippen molar-refractivity contribution in [1.82, 2.24) is 19.9 Å². The molecule has 1 aromatic carbocycles. The van der Waals surface area contributed by atoms with E-state index in [9.17, 15) is 5.11 Å². The molecule has 0 amide bonds. The zero-order chi connectivity index (χ0) is 22.8. The Balaban J connectivity index is 1.62. The van der Waals surface area contributed by atoms with Crippen molar-refractivity contribution in [3.8, 4) is 22.9 Å². The number of ether oxygens (including phenoxy) is 1. The van der Waals surface area contributed by atoms with Gasteiger partial charge in [-0.05, 0) is 31.4 Å². The molecule has 0 bridgehead atoms. The predicted molar refractivity (Wildman–Crippen MR) is 129 cm³/mol. The Morgan fingerprint density at radius 1 is 1.12 bits per heavy atom. The van der Waals surface area contributed by atoms with E-state index in [4.69, 9.17) is 14.7 Å². The normalized spacial score (nSPS) is 15.6. The summed E-state index contributed by atoms with van der Waals surface area (Å²) in [6.45, 7) is 2.95. The van der Waals surface area contributed by atoms with Crippen LogP contribution >= 0.6 is 11.3 Å². The number of benzene rings is 1. The van der Waals surface area contributed by atoms with Crippen molar-refractivity contribution in [2.75, 3.05) is 23.9 Å². The predicted octanol–water partition coefficient (Wildman–Crippen LogP) is 5.10. The average molecular weight is 461 g/mol. The van der Waals surface area contributed by atoms with Crippen LogP contribution < -0.4 is 15.0 Å². The van der Waals surface area contributed by atoms with Gasteiger partial charge in [0.15, 0.2) is 16.7 Å². The lowest BCUT2D eigenvalue weighted by molar-refractivity contribution is 0.415. The third kappa shape index (κ3) is 4.31. The van der Waals surface area contributed by atoms with Crippen molar-refractivity contribution in [2.45, 2.75) is 25.8 Å². The second-order valence-corrected chi connectivity index (χ2v) is 8.78. The summed E-state index contributed by atoms with van der Waals surface area (Å²) in [6.07, 6.45) is 5.40. The molecule has 4 heterocycles. The summed E-state index contributed by atoms with van der Waals surface area (Å²) in [4.78, 5) is 20.4. The Hall–Kier alpha value is -3.72. The highest BCUT2D eigenvalue weighted by Gasteiger charge is 2.30. The van der Waals surface area contributed by atoms with E-state index in [2.05, 4.69) is 51.4 Å². The molecule has 0 spiro atoms. The molecule has 1 saturated heterocycles. The Labute approximate surface area is 196 Å². The minimum absolute atomic E-state index is 0.0490. The van der Waals surface area contributed by atoms with Gasteiger partial charge in [-0.3, -0.25) is 0 Å². The number of nitrogens with one attached hydrogen (secondary N) is 1. The number of nitrogens with zero attached hydrogens (tertiary/aromatic N) is 5. The van der Waals surface area contributed by atoms with Crippen LogP contribution in [0, 0.1) is 6.92 Å². The molecule has 0 saturated carbocycles. The number of rotatable bonds is 6. The molecule has 5 rings (SSSR count). The Morgan fingerprint density at radius 3 is 2.67 bits per heavy atom. The lowest BCUT2D eigenvalue weighted by Gasteiger charge is -2.26. The van der Waals surface area contributed by atoms with E-state index >= 15 is 0 Å². The van der Waals surface area contributed by atoms with Gasteiger partial charge in [-0.2, -0.15) is 4.98 Å². The van der Waals surface area contributed by atoms with Gasteiger partial charge >= 0.3 is 0 Å². The van der Waals surface area contributed by atoms with Crippen LogP contribution in [0.15, 0.2) is 54.2 Å². The molecule has 1 aliphatic heterocycles. The highest BCUT2D eigenvalue weighted by Crippen LogP contribution is 2.41. The zero-order valence-corrected chi connectivity index (χ0v) is 19.2. The van der Waals surface area contributed by atoms with Crippen LogP contribution in [0.5, 0.6) is 11.6 Å². The summed E-state index contributed by atoms with van der Waals surface area (Å²) in [6, 6.07) is 12.1. The monoisotopic (exact) mass is 460 g/mol. The minimum Gasteiger partial charge on any atom is -0.493 e. The van der Waals surface area contributed by atoms with Crippen LogP contribution in [0.2, 0.25) is 0 Å². The second kappa shape index (κ2) is 9.03. The van der Waals surface area contributed by atoms with Gasteiger partial charge in [0.2, 0.25) is 11.8 Å². The topological polar surface area (TPSA) is 96.3 Å². The van der Waals surface area contributed by atoms with Gasteiger partial charge in [-0.15, -0.1) is 11.3 Å². The molecule has 9 heteroatoms. The van der Waals surface area contributed by atoms with Crippen LogP contribution in [0.3, 0.4) is 0 Å². The first-order valence-electron chi connectivity index (χ1n) is 10.7. The molecule has 0 unspecified atom stereocenters. The number of methoxy groups -OCH3 is 1. The van der Waals surface area contributed by atoms with Gasteiger partial charge in [-0.25, -0.2) is 15.0 Å². The number of anilines is 3. The Bertz CT molecular complexity index is 1230. The quantitative estimate of drug-likeness (QED) is 0.410. The molecule has 0 aliphatic carbocycles. The van der Waals surface area contributed by atoms with Crippen LogP contribution in [-0.2, 0) is 0 Å². The molecule has 8 nitrogen and oxygen atoms in total. The highest BCUT2D eigenvalue weighted by molar-refractivity contribution is 7.13. The van der Waals surface area contributed by atoms with E-state index in [0.29, 0.717) is 28.3 Å². The first-order valence-corrected chi connectivity index (χ1v) is 11.6. The minimum atomic E-state index is -0.0490. The number of aryl methyl sites for hydroxylation is 1. The van der Waals surface area contributed by atoms with Crippen molar-refractivity contribution >= 4 is 28.2 Å². The fourth-order valence-corrected chi connectivity index (χ4v) is 4.62. The number of hydrogen-bond acceptors (Lipinski definition) is 9. The largest absolute Gasteiger partial charge is 0.493 e. The summed E-state index contributed by atoms with van der Waals surface area (Å²) in [7, 11) is 1.59. The van der Waals surface area contributed by atoms with E-state index in [1.807, 2.05) is 5.38 Å². The van der Waals surface area contributed by atoms with E-state index in [-0.39, 0.29) is 11.9 Å². The maximum atomic E-state index is 9.66. The van der Waals surface area contributed by atoms with Gasteiger partial charge in [0, 0.05) is 35.9 Å². The number of aromatic nitrogens is 4. The van der Waals surface area contributed by atoms with E-state index < -0.39 is 0 Å². The van der Waals surface area contributed by atoms with Gasteiger partial charge < -0.3 is 20.1 Å². The molecule has 1 aliphatic rings. The Morgan fingerprint density at radius 2 is 1.97 bits per heavy atom. The summed E-state index contributed by atoms with van der Waals surface area (Å²) in [5, 5.41) is 15.6. The molecule has 4 aromatic rings. The smallest absolute Gasteiger partial charge is 0.228 e. The molecular formula is C24H24N6O2S. The van der Waals surface area contributed by atoms with Gasteiger partial charge in [0.25, 0.3) is 0 Å². The van der Waals surface area contributed by atoms with Crippen molar-refractivity contribution in [2.24, 2.45) is 0 Å². The maximum Gasteiger partial charge on any atom is 0.228 e. The van der Waals surface area contributed by atoms with Crippen molar-refractivity contribution in [3.63, 3.8) is 0 Å². The molecule has 2 N–H and O–H groups in total. The standard InChI is InChI=1S/C24H24N6O2S/c1-15-5-7-16(8-6-15)18-4-3-12-30(18)23-27-20(17-9-10-19(31)26-14-17)21(32-2)22(28-23)29-24-25-11-13-33-24/h5-11,13-14,18H,3-4,12H2,1-2H3,(H,26,31)(H,25,27,28,29)/t18-/m0/s1. The first kappa shape index (κ1) is 21.1. The average Bonchev–Trinajstić information content (AvgIpc) is 3.52. The molecule has 1 fully saturated rings. The lowest BCUT2D eigenvalue weighted by atomic mass is 10.0. The number of pyridine rings is 1. The van der Waals surface area contributed by atoms with E-state index in [0.717, 1.165) is 24.9 Å². The summed E-state index contributed by atoms with van der Waals surface area (Å²) in [5.41, 5.74) is 3.81. The van der Waals surface area contributed by atoms with Gasteiger partial charge in [0.1, 0.15) is 5.69 Å². The van der Waals surface area contributed by atoms with Crippen molar-refractivity contribution in [3.05, 3.63) is 65.3 Å².